The SMILES string of the molecule is CO[C@H]1NC(=O)[C@@H](C(C)C)OC1=O. The van der Waals surface area contributed by atoms with Crippen molar-refractivity contribution in [3.63, 3.8) is 0 Å². The zero-order valence-electron chi connectivity index (χ0n) is 7.87. The Morgan fingerprint density at radius 1 is 1.46 bits per heavy atom. The van der Waals surface area contributed by atoms with Crippen molar-refractivity contribution >= 4 is 11.9 Å². The highest BCUT2D eigenvalue weighted by atomic mass is 16.6. The van der Waals surface area contributed by atoms with Gasteiger partial charge in [0.15, 0.2) is 6.10 Å². The van der Waals surface area contributed by atoms with Gasteiger partial charge in [0.25, 0.3) is 5.91 Å². The molecule has 0 radical (unpaired) electrons. The molecule has 1 aliphatic heterocycles. The molecular formula is C8H13NO4. The summed E-state index contributed by atoms with van der Waals surface area (Å²) in [7, 11) is 1.34. The first-order chi connectivity index (χ1) is 6.06. The third kappa shape index (κ3) is 1.98. The van der Waals surface area contributed by atoms with E-state index < -0.39 is 18.3 Å². The van der Waals surface area contributed by atoms with E-state index in [-0.39, 0.29) is 11.8 Å². The summed E-state index contributed by atoms with van der Waals surface area (Å²) < 4.78 is 9.58. The lowest BCUT2D eigenvalue weighted by atomic mass is 10.1. The number of esters is 1. The molecule has 0 aromatic carbocycles. The molecule has 1 fully saturated rings. The Morgan fingerprint density at radius 2 is 2.08 bits per heavy atom. The van der Waals surface area contributed by atoms with Crippen molar-refractivity contribution in [1.82, 2.24) is 5.32 Å². The number of hydrogen-bond donors (Lipinski definition) is 1. The summed E-state index contributed by atoms with van der Waals surface area (Å²) in [6, 6.07) is 0. The number of carbonyl (C=O) groups excluding carboxylic acids is 2. The Labute approximate surface area is 76.4 Å². The van der Waals surface area contributed by atoms with Gasteiger partial charge in [0.1, 0.15) is 0 Å². The number of methoxy groups -OCH3 is 1. The molecule has 0 bridgehead atoms. The first-order valence-electron chi connectivity index (χ1n) is 4.10. The van der Waals surface area contributed by atoms with Crippen LogP contribution in [0.2, 0.25) is 0 Å². The second-order valence-corrected chi connectivity index (χ2v) is 3.23. The van der Waals surface area contributed by atoms with Gasteiger partial charge in [0.2, 0.25) is 6.23 Å². The average molecular weight is 187 g/mol. The van der Waals surface area contributed by atoms with Gasteiger partial charge >= 0.3 is 5.97 Å². The first kappa shape index (κ1) is 9.98. The number of cyclic esters (lactones) is 1. The minimum atomic E-state index is -0.956. The van der Waals surface area contributed by atoms with Crippen LogP contribution in [0.25, 0.3) is 0 Å². The van der Waals surface area contributed by atoms with Gasteiger partial charge in [0, 0.05) is 7.11 Å². The third-order valence-electron chi connectivity index (χ3n) is 1.83. The van der Waals surface area contributed by atoms with Crippen LogP contribution in [0.15, 0.2) is 0 Å². The van der Waals surface area contributed by atoms with Gasteiger partial charge in [-0.1, -0.05) is 13.8 Å². The third-order valence-corrected chi connectivity index (χ3v) is 1.83. The van der Waals surface area contributed by atoms with E-state index in [1.807, 2.05) is 13.8 Å². The van der Waals surface area contributed by atoms with Crippen LogP contribution in [-0.4, -0.2) is 31.3 Å². The normalized spacial score (nSPS) is 28.6. The fraction of sp³-hybridized carbons (Fsp3) is 0.750. The number of rotatable bonds is 2. The van der Waals surface area contributed by atoms with Crippen LogP contribution in [0.1, 0.15) is 13.8 Å². The van der Waals surface area contributed by atoms with Crippen molar-refractivity contribution in [2.75, 3.05) is 7.11 Å². The number of carbonyl (C=O) groups is 2. The molecule has 0 aromatic heterocycles. The van der Waals surface area contributed by atoms with Crippen molar-refractivity contribution in [3.8, 4) is 0 Å². The summed E-state index contributed by atoms with van der Waals surface area (Å²) in [5.41, 5.74) is 0. The Morgan fingerprint density at radius 3 is 2.54 bits per heavy atom. The molecule has 1 heterocycles. The number of hydrogen-bond acceptors (Lipinski definition) is 4. The minimum Gasteiger partial charge on any atom is -0.449 e. The maximum Gasteiger partial charge on any atom is 0.357 e. The van der Waals surface area contributed by atoms with E-state index in [2.05, 4.69) is 5.32 Å². The van der Waals surface area contributed by atoms with Gasteiger partial charge in [0.05, 0.1) is 0 Å². The lowest BCUT2D eigenvalue weighted by molar-refractivity contribution is -0.180. The van der Waals surface area contributed by atoms with Gasteiger partial charge < -0.3 is 14.8 Å². The molecule has 0 spiro atoms. The predicted octanol–water partition coefficient (Wildman–Crippen LogP) is -0.344. The van der Waals surface area contributed by atoms with E-state index in [1.54, 1.807) is 0 Å². The summed E-state index contributed by atoms with van der Waals surface area (Å²) >= 11 is 0. The van der Waals surface area contributed by atoms with Crippen LogP contribution in [0.3, 0.4) is 0 Å². The molecule has 0 saturated carbocycles. The lowest BCUT2D eigenvalue weighted by Gasteiger charge is -2.29. The van der Waals surface area contributed by atoms with E-state index in [1.165, 1.54) is 7.11 Å². The Bertz CT molecular complexity index is 226. The molecule has 1 N–H and O–H groups in total. The maximum atomic E-state index is 11.3. The zero-order valence-corrected chi connectivity index (χ0v) is 7.87. The second-order valence-electron chi connectivity index (χ2n) is 3.23. The molecule has 5 nitrogen and oxygen atoms in total. The number of amides is 1. The van der Waals surface area contributed by atoms with Crippen molar-refractivity contribution in [2.45, 2.75) is 26.2 Å². The van der Waals surface area contributed by atoms with E-state index in [0.29, 0.717) is 0 Å². The van der Waals surface area contributed by atoms with Crippen LogP contribution < -0.4 is 5.32 Å². The monoisotopic (exact) mass is 187 g/mol. The molecule has 1 rings (SSSR count). The fourth-order valence-corrected chi connectivity index (χ4v) is 1.10. The van der Waals surface area contributed by atoms with E-state index >= 15 is 0 Å². The summed E-state index contributed by atoms with van der Waals surface area (Å²) in [5, 5.41) is 2.41. The van der Waals surface area contributed by atoms with Gasteiger partial charge in [-0.2, -0.15) is 0 Å². The molecule has 0 aromatic rings. The largest absolute Gasteiger partial charge is 0.449 e. The van der Waals surface area contributed by atoms with Crippen LogP contribution in [0.4, 0.5) is 0 Å². The number of ether oxygens (including phenoxy) is 2. The summed E-state index contributed by atoms with van der Waals surface area (Å²) in [6.45, 7) is 3.62. The fourth-order valence-electron chi connectivity index (χ4n) is 1.10. The predicted molar refractivity (Wildman–Crippen MR) is 43.7 cm³/mol. The van der Waals surface area contributed by atoms with Crippen molar-refractivity contribution < 1.29 is 19.1 Å². The second kappa shape index (κ2) is 3.74. The number of morpholine rings is 1. The molecule has 1 saturated heterocycles. The maximum absolute atomic E-state index is 11.3. The van der Waals surface area contributed by atoms with Crippen molar-refractivity contribution in [2.24, 2.45) is 5.92 Å². The molecule has 1 amide bonds. The highest BCUT2D eigenvalue weighted by Gasteiger charge is 2.37. The highest BCUT2D eigenvalue weighted by molar-refractivity contribution is 5.91. The average Bonchev–Trinajstić information content (AvgIpc) is 2.07. The summed E-state index contributed by atoms with van der Waals surface area (Å²) in [6.07, 6.45) is -1.65. The van der Waals surface area contributed by atoms with Crippen molar-refractivity contribution in [3.05, 3.63) is 0 Å². The van der Waals surface area contributed by atoms with Gasteiger partial charge in [-0.15, -0.1) is 0 Å². The summed E-state index contributed by atoms with van der Waals surface area (Å²) in [5.74, 6) is -0.871. The van der Waals surface area contributed by atoms with E-state index in [9.17, 15) is 9.59 Å². The molecule has 2 atom stereocenters. The Hall–Kier alpha value is -1.10. The van der Waals surface area contributed by atoms with E-state index in [0.717, 1.165) is 0 Å². The Kier molecular flexibility index (Phi) is 2.87. The molecule has 5 heteroatoms. The molecule has 13 heavy (non-hydrogen) atoms. The van der Waals surface area contributed by atoms with Gasteiger partial charge in [-0.25, -0.2) is 4.79 Å². The molecule has 1 aliphatic rings. The quantitative estimate of drug-likeness (QED) is 0.600. The van der Waals surface area contributed by atoms with Crippen LogP contribution in [0.5, 0.6) is 0 Å². The molecule has 74 valence electrons. The zero-order chi connectivity index (χ0) is 10.0. The molecule has 0 unspecified atom stereocenters. The smallest absolute Gasteiger partial charge is 0.357 e. The minimum absolute atomic E-state index is 0.0262. The van der Waals surface area contributed by atoms with E-state index in [4.69, 9.17) is 9.47 Å². The van der Waals surface area contributed by atoms with Crippen LogP contribution in [0, 0.1) is 5.92 Å². The Balaban J connectivity index is 2.67. The van der Waals surface area contributed by atoms with Gasteiger partial charge in [-0.05, 0) is 5.92 Å². The van der Waals surface area contributed by atoms with Crippen molar-refractivity contribution in [1.29, 1.82) is 0 Å². The standard InChI is InChI=1S/C8H13NO4/c1-4(2)5-6(10)9-7(12-3)8(11)13-5/h4-5,7H,1-3H3,(H,9,10)/t5-,7-/m1/s1. The summed E-state index contributed by atoms with van der Waals surface area (Å²) in [4.78, 5) is 22.4. The van der Waals surface area contributed by atoms with Crippen LogP contribution in [-0.2, 0) is 19.1 Å². The van der Waals surface area contributed by atoms with Crippen LogP contribution >= 0.6 is 0 Å². The molecular weight excluding hydrogens is 174 g/mol. The first-order valence-corrected chi connectivity index (χ1v) is 4.10. The number of nitrogens with one attached hydrogen (secondary N) is 1. The topological polar surface area (TPSA) is 64.6 Å². The highest BCUT2D eigenvalue weighted by Crippen LogP contribution is 2.12. The lowest BCUT2D eigenvalue weighted by Crippen LogP contribution is -2.56. The van der Waals surface area contributed by atoms with Gasteiger partial charge in [-0.3, -0.25) is 4.79 Å². The molecule has 0 aliphatic carbocycles.